The van der Waals surface area contributed by atoms with Crippen LogP contribution in [0.5, 0.6) is 11.5 Å². The van der Waals surface area contributed by atoms with Gasteiger partial charge < -0.3 is 19.7 Å². The number of halogens is 2. The van der Waals surface area contributed by atoms with E-state index in [9.17, 15) is 4.39 Å². The molecule has 6 heteroatoms. The van der Waals surface area contributed by atoms with E-state index in [2.05, 4.69) is 40.2 Å². The van der Waals surface area contributed by atoms with E-state index in [1.165, 1.54) is 6.07 Å². The summed E-state index contributed by atoms with van der Waals surface area (Å²) in [5.41, 5.74) is 1.62. The predicted octanol–water partition coefficient (Wildman–Crippen LogP) is 4.61. The fourth-order valence-electron chi connectivity index (χ4n) is 2.64. The van der Waals surface area contributed by atoms with Gasteiger partial charge in [0.2, 0.25) is 0 Å². The number of hydrogen-bond donors (Lipinski definition) is 1. The molecule has 0 aliphatic rings. The summed E-state index contributed by atoms with van der Waals surface area (Å²) in [5, 5.41) is 3.44. The van der Waals surface area contributed by atoms with E-state index >= 15 is 0 Å². The van der Waals surface area contributed by atoms with E-state index < -0.39 is 0 Å². The molecule has 0 aromatic heterocycles. The van der Waals surface area contributed by atoms with Gasteiger partial charge in [-0.15, -0.1) is 0 Å². The third-order valence-electron chi connectivity index (χ3n) is 3.99. The zero-order valence-electron chi connectivity index (χ0n) is 16.2. The zero-order valence-corrected chi connectivity index (χ0v) is 17.8. The van der Waals surface area contributed by atoms with Gasteiger partial charge in [0, 0.05) is 12.1 Å². The second kappa shape index (κ2) is 11.3. The molecule has 27 heavy (non-hydrogen) atoms. The Morgan fingerprint density at radius 1 is 1.15 bits per heavy atom. The standard InChI is InChI=1S/C21H28BrFN2O2/c1-4-26-20-13-16(14-24-10-7-11-25(2)3)12-18(22)21(20)27-15-17-8-5-6-9-19(17)23/h5-6,8-9,12-13,24H,4,7,10-11,14-15H2,1-3H3. The van der Waals surface area contributed by atoms with Crippen molar-refractivity contribution >= 4 is 15.9 Å². The minimum absolute atomic E-state index is 0.146. The van der Waals surface area contributed by atoms with E-state index in [1.807, 2.05) is 19.1 Å². The van der Waals surface area contributed by atoms with Crippen LogP contribution in [-0.4, -0.2) is 38.7 Å². The van der Waals surface area contributed by atoms with Crippen LogP contribution < -0.4 is 14.8 Å². The lowest BCUT2D eigenvalue weighted by Gasteiger charge is -2.16. The quantitative estimate of drug-likeness (QED) is 0.519. The maximum Gasteiger partial charge on any atom is 0.175 e. The second-order valence-corrected chi connectivity index (χ2v) is 7.41. The van der Waals surface area contributed by atoms with Crippen molar-refractivity contribution < 1.29 is 13.9 Å². The highest BCUT2D eigenvalue weighted by Crippen LogP contribution is 2.37. The Morgan fingerprint density at radius 3 is 2.63 bits per heavy atom. The molecular weight excluding hydrogens is 411 g/mol. The summed E-state index contributed by atoms with van der Waals surface area (Å²) < 4.78 is 26.3. The highest BCUT2D eigenvalue weighted by Gasteiger charge is 2.13. The molecule has 2 aromatic carbocycles. The number of hydrogen-bond acceptors (Lipinski definition) is 4. The largest absolute Gasteiger partial charge is 0.490 e. The van der Waals surface area contributed by atoms with Gasteiger partial charge >= 0.3 is 0 Å². The van der Waals surface area contributed by atoms with Crippen molar-refractivity contribution in [3.63, 3.8) is 0 Å². The van der Waals surface area contributed by atoms with Crippen LogP contribution in [0, 0.1) is 5.82 Å². The van der Waals surface area contributed by atoms with Crippen molar-refractivity contribution in [3.05, 3.63) is 57.8 Å². The number of rotatable bonds is 11. The Labute approximate surface area is 169 Å². The molecular formula is C21H28BrFN2O2. The molecule has 0 spiro atoms. The maximum absolute atomic E-state index is 13.8. The van der Waals surface area contributed by atoms with Crippen molar-refractivity contribution in [1.29, 1.82) is 0 Å². The van der Waals surface area contributed by atoms with Crippen LogP contribution in [0.2, 0.25) is 0 Å². The van der Waals surface area contributed by atoms with E-state index in [0.29, 0.717) is 23.7 Å². The molecule has 0 unspecified atom stereocenters. The smallest absolute Gasteiger partial charge is 0.175 e. The average molecular weight is 439 g/mol. The highest BCUT2D eigenvalue weighted by molar-refractivity contribution is 9.10. The molecule has 0 fully saturated rings. The van der Waals surface area contributed by atoms with E-state index in [-0.39, 0.29) is 12.4 Å². The molecule has 0 bridgehead atoms. The molecule has 0 aliphatic carbocycles. The molecule has 2 rings (SSSR count). The van der Waals surface area contributed by atoms with Gasteiger partial charge in [0.15, 0.2) is 11.5 Å². The van der Waals surface area contributed by atoms with Gasteiger partial charge in [-0.2, -0.15) is 0 Å². The summed E-state index contributed by atoms with van der Waals surface area (Å²) in [6.07, 6.45) is 1.09. The Hall–Kier alpha value is -1.63. The van der Waals surface area contributed by atoms with Crippen molar-refractivity contribution in [1.82, 2.24) is 10.2 Å². The lowest BCUT2D eigenvalue weighted by Crippen LogP contribution is -2.21. The summed E-state index contributed by atoms with van der Waals surface area (Å²) in [6, 6.07) is 10.6. The third kappa shape index (κ3) is 7.13. The molecule has 1 N–H and O–H groups in total. The summed E-state index contributed by atoms with van der Waals surface area (Å²) in [6.45, 7) is 5.37. The summed E-state index contributed by atoms with van der Waals surface area (Å²) in [4.78, 5) is 2.17. The normalized spacial score (nSPS) is 11.0. The summed E-state index contributed by atoms with van der Waals surface area (Å²) >= 11 is 3.57. The SMILES string of the molecule is CCOc1cc(CNCCCN(C)C)cc(Br)c1OCc1ccccc1F. The number of nitrogens with one attached hydrogen (secondary N) is 1. The predicted molar refractivity (Wildman–Crippen MR) is 111 cm³/mol. The summed E-state index contributed by atoms with van der Waals surface area (Å²) in [5.74, 6) is 0.981. The topological polar surface area (TPSA) is 33.7 Å². The molecule has 0 radical (unpaired) electrons. The molecule has 0 atom stereocenters. The van der Waals surface area contributed by atoms with Gasteiger partial charge in [-0.25, -0.2) is 4.39 Å². The van der Waals surface area contributed by atoms with Gasteiger partial charge in [0.05, 0.1) is 11.1 Å². The minimum atomic E-state index is -0.273. The molecule has 0 saturated heterocycles. The Bertz CT molecular complexity index is 725. The van der Waals surface area contributed by atoms with Crippen molar-refractivity contribution in [3.8, 4) is 11.5 Å². The molecule has 2 aromatic rings. The molecule has 4 nitrogen and oxygen atoms in total. The first kappa shape index (κ1) is 21.7. The molecule has 0 heterocycles. The third-order valence-corrected chi connectivity index (χ3v) is 4.58. The number of nitrogens with zero attached hydrogens (tertiary/aromatic N) is 1. The molecule has 148 valence electrons. The van der Waals surface area contributed by atoms with Gasteiger partial charge in [-0.3, -0.25) is 0 Å². The first-order chi connectivity index (χ1) is 13.0. The van der Waals surface area contributed by atoms with Gasteiger partial charge in [0.25, 0.3) is 0 Å². The first-order valence-corrected chi connectivity index (χ1v) is 9.97. The first-order valence-electron chi connectivity index (χ1n) is 9.18. The lowest BCUT2D eigenvalue weighted by atomic mass is 10.2. The van der Waals surface area contributed by atoms with Crippen LogP contribution in [0.3, 0.4) is 0 Å². The van der Waals surface area contributed by atoms with E-state index in [4.69, 9.17) is 9.47 Å². The maximum atomic E-state index is 13.8. The monoisotopic (exact) mass is 438 g/mol. The van der Waals surface area contributed by atoms with Gasteiger partial charge in [-0.05, 0) is 80.2 Å². The van der Waals surface area contributed by atoms with Crippen LogP contribution in [0.4, 0.5) is 4.39 Å². The second-order valence-electron chi connectivity index (χ2n) is 6.55. The Balaban J connectivity index is 2.03. The minimum Gasteiger partial charge on any atom is -0.490 e. The van der Waals surface area contributed by atoms with E-state index in [1.54, 1.807) is 18.2 Å². The average Bonchev–Trinajstić information content (AvgIpc) is 2.62. The fourth-order valence-corrected chi connectivity index (χ4v) is 3.25. The van der Waals surface area contributed by atoms with Gasteiger partial charge in [-0.1, -0.05) is 18.2 Å². The van der Waals surface area contributed by atoms with Crippen LogP contribution in [0.25, 0.3) is 0 Å². The van der Waals surface area contributed by atoms with Crippen LogP contribution in [0.1, 0.15) is 24.5 Å². The Morgan fingerprint density at radius 2 is 1.93 bits per heavy atom. The van der Waals surface area contributed by atoms with E-state index in [0.717, 1.165) is 36.1 Å². The fraction of sp³-hybridized carbons (Fsp3) is 0.429. The molecule has 0 aliphatic heterocycles. The number of ether oxygens (including phenoxy) is 2. The van der Waals surface area contributed by atoms with Crippen molar-refractivity contribution in [2.24, 2.45) is 0 Å². The zero-order chi connectivity index (χ0) is 19.6. The Kier molecular flexibility index (Phi) is 9.04. The van der Waals surface area contributed by atoms with Crippen LogP contribution in [-0.2, 0) is 13.2 Å². The van der Waals surface area contributed by atoms with Crippen molar-refractivity contribution in [2.45, 2.75) is 26.5 Å². The van der Waals surface area contributed by atoms with Gasteiger partial charge in [0.1, 0.15) is 12.4 Å². The van der Waals surface area contributed by atoms with Crippen LogP contribution in [0.15, 0.2) is 40.9 Å². The number of benzene rings is 2. The summed E-state index contributed by atoms with van der Waals surface area (Å²) in [7, 11) is 4.15. The van der Waals surface area contributed by atoms with Crippen molar-refractivity contribution in [2.75, 3.05) is 33.8 Å². The van der Waals surface area contributed by atoms with Crippen LogP contribution >= 0.6 is 15.9 Å². The molecule has 0 amide bonds. The molecule has 0 saturated carbocycles. The highest BCUT2D eigenvalue weighted by atomic mass is 79.9. The lowest BCUT2D eigenvalue weighted by molar-refractivity contribution is 0.264.